The molecule has 0 saturated heterocycles. The Morgan fingerprint density at radius 3 is 1.75 bits per heavy atom. The lowest BCUT2D eigenvalue weighted by Crippen LogP contribution is -2.10. The molecular weight excluding hydrogens is 133 g/mol. The summed E-state index contributed by atoms with van der Waals surface area (Å²) in [5, 5.41) is 7.60. The molecule has 0 saturated carbocycles. The van der Waals surface area contributed by atoms with Gasteiger partial charge < -0.3 is 15.6 Å². The van der Waals surface area contributed by atoms with Crippen LogP contribution in [-0.4, -0.2) is 24.4 Å². The Morgan fingerprint density at radius 2 is 1.75 bits per heavy atom. The molecule has 0 atom stereocenters. The summed E-state index contributed by atoms with van der Waals surface area (Å²) in [5.74, 6) is -0.968. The Morgan fingerprint density at radius 1 is 1.62 bits per heavy atom. The maximum absolute atomic E-state index is 9.24. The van der Waals surface area contributed by atoms with Crippen LogP contribution in [0.2, 0.25) is 0 Å². The number of carboxylic acid groups (broad SMARTS) is 1. The summed E-state index contributed by atoms with van der Waals surface area (Å²) < 4.78 is 0. The van der Waals surface area contributed by atoms with Crippen molar-refractivity contribution in [1.29, 1.82) is 0 Å². The average molecular weight is 142 g/mol. The van der Waals surface area contributed by atoms with Crippen LogP contribution in [0.1, 0.15) is 0 Å². The second kappa shape index (κ2) is 16.2. The summed E-state index contributed by atoms with van der Waals surface area (Å²) in [6.45, 7) is 1.72. The van der Waals surface area contributed by atoms with E-state index in [1.807, 2.05) is 6.79 Å². The number of hydrogen-bond donors (Lipinski definition) is 2. The smallest absolute Gasteiger partial charge is 0.317 e. The molecule has 0 rings (SSSR count). The lowest BCUT2D eigenvalue weighted by atomic mass is 10.7. The Balaban J connectivity index is -0.0000000750. The fourth-order valence-electron chi connectivity index (χ4n) is 0. The van der Waals surface area contributed by atoms with Gasteiger partial charge in [0, 0.05) is 0 Å². The molecule has 0 aliphatic heterocycles. The third kappa shape index (κ3) is 53.8. The molecule has 0 bridgehead atoms. The molecule has 0 fully saturated rings. The van der Waals surface area contributed by atoms with E-state index < -0.39 is 5.97 Å². The van der Waals surface area contributed by atoms with E-state index in [2.05, 4.69) is 5.73 Å². The van der Waals surface area contributed by atoms with Gasteiger partial charge in [0.05, 0.1) is 6.54 Å². The van der Waals surface area contributed by atoms with Crippen LogP contribution in [0.4, 0.5) is 0 Å². The number of rotatable bonds is 1. The minimum absolute atomic E-state index is 0. The summed E-state index contributed by atoms with van der Waals surface area (Å²) in [5.41, 5.74) is 4.57. The molecule has 0 unspecified atom stereocenters. The molecule has 0 radical (unpaired) electrons. The minimum Gasteiger partial charge on any atom is -0.480 e. The number of carboxylic acids is 1. The van der Waals surface area contributed by atoms with Crippen molar-refractivity contribution in [3.05, 3.63) is 0 Å². The van der Waals surface area contributed by atoms with Gasteiger partial charge in [0.15, 0.2) is 0 Å². The van der Waals surface area contributed by atoms with E-state index in [1.54, 1.807) is 0 Å². The van der Waals surface area contributed by atoms with Crippen LogP contribution in [0.3, 0.4) is 0 Å². The van der Waals surface area contributed by atoms with Gasteiger partial charge in [0.25, 0.3) is 0 Å². The van der Waals surface area contributed by atoms with E-state index in [0.29, 0.717) is 0 Å². The lowest BCUT2D eigenvalue weighted by molar-refractivity contribution is -0.135. The average Bonchev–Trinajstić information content (AvgIpc) is 1.73. The van der Waals surface area contributed by atoms with Gasteiger partial charge in [-0.05, 0) is 0 Å². The molecule has 0 aliphatic carbocycles. The summed E-state index contributed by atoms with van der Waals surface area (Å²) in [4.78, 5) is 17.2. The maximum Gasteiger partial charge on any atom is 0.317 e. The fourth-order valence-corrected chi connectivity index (χ4v) is 0. The molecule has 0 spiro atoms. The van der Waals surface area contributed by atoms with Crippen molar-refractivity contribution in [2.45, 2.75) is 0 Å². The first-order valence-corrected chi connectivity index (χ1v) is 1.48. The minimum atomic E-state index is -0.968. The standard InChI is InChI=1S/C2H5NO2.CH2O.ClH/c3-1-2(4)5;1-2;/h1,3H2,(H,4,5);1H2;1H. The molecule has 0 aliphatic rings. The molecule has 0 aromatic heterocycles. The summed E-state index contributed by atoms with van der Waals surface area (Å²) in [6.07, 6.45) is 0. The largest absolute Gasteiger partial charge is 0.480 e. The van der Waals surface area contributed by atoms with Crippen molar-refractivity contribution in [2.75, 3.05) is 6.54 Å². The second-order valence-electron chi connectivity index (χ2n) is 0.598. The van der Waals surface area contributed by atoms with Crippen LogP contribution >= 0.6 is 12.4 Å². The van der Waals surface area contributed by atoms with Crippen molar-refractivity contribution in [3.8, 4) is 0 Å². The zero-order valence-corrected chi connectivity index (χ0v) is 4.98. The van der Waals surface area contributed by atoms with Crippen LogP contribution in [0.15, 0.2) is 0 Å². The molecular formula is C3H8ClNO3. The number of hydrogen-bond acceptors (Lipinski definition) is 3. The topological polar surface area (TPSA) is 80.4 Å². The highest BCUT2D eigenvalue weighted by Gasteiger charge is 1.81. The van der Waals surface area contributed by atoms with Crippen LogP contribution in [-0.2, 0) is 9.59 Å². The number of halogens is 1. The first-order valence-electron chi connectivity index (χ1n) is 1.48. The molecule has 5 heteroatoms. The predicted octanol–water partition coefficient (Wildman–Crippen LogP) is -0.733. The van der Waals surface area contributed by atoms with Gasteiger partial charge in [-0.25, -0.2) is 0 Å². The first-order chi connectivity index (χ1) is 3.27. The SMILES string of the molecule is C=O.Cl.NCC(=O)O. The predicted molar refractivity (Wildman–Crippen MR) is 31.1 cm³/mol. The highest BCUT2D eigenvalue weighted by molar-refractivity contribution is 5.85. The molecule has 0 heterocycles. The normalized spacial score (nSPS) is 5.12. The molecule has 3 N–H and O–H groups in total. The summed E-state index contributed by atoms with van der Waals surface area (Å²) >= 11 is 0. The van der Waals surface area contributed by atoms with E-state index in [1.165, 1.54) is 0 Å². The quantitative estimate of drug-likeness (QED) is 0.505. The van der Waals surface area contributed by atoms with E-state index in [9.17, 15) is 4.79 Å². The third-order valence-corrected chi connectivity index (χ3v) is 0.175. The van der Waals surface area contributed by atoms with Crippen molar-refractivity contribution < 1.29 is 14.7 Å². The summed E-state index contributed by atoms with van der Waals surface area (Å²) in [6, 6.07) is 0. The fraction of sp³-hybridized carbons (Fsp3) is 0.333. The van der Waals surface area contributed by atoms with Gasteiger partial charge >= 0.3 is 5.97 Å². The van der Waals surface area contributed by atoms with Crippen LogP contribution in [0, 0.1) is 0 Å². The van der Waals surface area contributed by atoms with Gasteiger partial charge in [-0.3, -0.25) is 4.79 Å². The van der Waals surface area contributed by atoms with Crippen LogP contribution in [0.5, 0.6) is 0 Å². The molecule has 4 nitrogen and oxygen atoms in total. The van der Waals surface area contributed by atoms with Gasteiger partial charge in [-0.2, -0.15) is 0 Å². The van der Waals surface area contributed by atoms with E-state index in [0.717, 1.165) is 0 Å². The van der Waals surface area contributed by atoms with Crippen molar-refractivity contribution in [1.82, 2.24) is 0 Å². The van der Waals surface area contributed by atoms with Crippen molar-refractivity contribution in [2.24, 2.45) is 5.73 Å². The molecule has 0 aromatic rings. The van der Waals surface area contributed by atoms with Gasteiger partial charge in [0.1, 0.15) is 6.79 Å². The van der Waals surface area contributed by atoms with Crippen LogP contribution in [0.25, 0.3) is 0 Å². The Bertz CT molecular complexity index is 58.5. The van der Waals surface area contributed by atoms with Gasteiger partial charge in [-0.15, -0.1) is 12.4 Å². The highest BCUT2D eigenvalue weighted by atomic mass is 35.5. The number of aliphatic carboxylic acids is 1. The van der Waals surface area contributed by atoms with Crippen LogP contribution < -0.4 is 5.73 Å². The molecule has 0 amide bonds. The van der Waals surface area contributed by atoms with E-state index >= 15 is 0 Å². The lowest BCUT2D eigenvalue weighted by Gasteiger charge is -1.73. The summed E-state index contributed by atoms with van der Waals surface area (Å²) in [7, 11) is 0. The second-order valence-corrected chi connectivity index (χ2v) is 0.598. The molecule has 8 heavy (non-hydrogen) atoms. The Kier molecular flexibility index (Phi) is 31.6. The van der Waals surface area contributed by atoms with Gasteiger partial charge in [0.2, 0.25) is 0 Å². The monoisotopic (exact) mass is 141 g/mol. The highest BCUT2D eigenvalue weighted by Crippen LogP contribution is 1.43. The van der Waals surface area contributed by atoms with E-state index in [-0.39, 0.29) is 19.0 Å². The zero-order chi connectivity index (χ0) is 6.28. The number of carbonyl (C=O) groups is 2. The van der Waals surface area contributed by atoms with Crippen molar-refractivity contribution >= 4 is 25.2 Å². The molecule has 0 aromatic carbocycles. The Labute approximate surface area is 53.1 Å². The maximum atomic E-state index is 9.24. The molecule has 50 valence electrons. The first kappa shape index (κ1) is 15.7. The van der Waals surface area contributed by atoms with Gasteiger partial charge in [-0.1, -0.05) is 0 Å². The third-order valence-electron chi connectivity index (χ3n) is 0.175. The number of carbonyl (C=O) groups excluding carboxylic acids is 1. The zero-order valence-electron chi connectivity index (χ0n) is 4.16. The van der Waals surface area contributed by atoms with E-state index in [4.69, 9.17) is 9.90 Å². The van der Waals surface area contributed by atoms with Crippen molar-refractivity contribution in [3.63, 3.8) is 0 Å². The number of nitrogens with two attached hydrogens (primary N) is 1. The Hall–Kier alpha value is -0.610.